The fraction of sp³-hybridized carbons (Fsp3) is 0.714. The molecule has 0 aliphatic carbocycles. The lowest BCUT2D eigenvalue weighted by Gasteiger charge is -2.15. The van der Waals surface area contributed by atoms with Gasteiger partial charge in [-0.05, 0) is 57.6 Å². The molecule has 1 fully saturated rings. The second kappa shape index (κ2) is 6.82. The highest BCUT2D eigenvalue weighted by Crippen LogP contribution is 2.09. The Labute approximate surface area is 105 Å². The lowest BCUT2D eigenvalue weighted by molar-refractivity contribution is 0.324. The molecule has 0 amide bonds. The Morgan fingerprint density at radius 3 is 2.82 bits per heavy atom. The molecule has 2 rings (SSSR count). The SMILES string of the molecule is CCNCc1cccn1CCCN1CCCC1. The van der Waals surface area contributed by atoms with Crippen LogP contribution >= 0.6 is 0 Å². The number of nitrogens with one attached hydrogen (secondary N) is 1. The molecule has 0 radical (unpaired) electrons. The normalized spacial score (nSPS) is 16.8. The number of hydrogen-bond donors (Lipinski definition) is 1. The van der Waals surface area contributed by atoms with Crippen molar-refractivity contribution < 1.29 is 0 Å². The Kier molecular flexibility index (Phi) is 5.08. The topological polar surface area (TPSA) is 20.2 Å². The van der Waals surface area contributed by atoms with Gasteiger partial charge in [-0.15, -0.1) is 0 Å². The highest BCUT2D eigenvalue weighted by atomic mass is 15.1. The van der Waals surface area contributed by atoms with Gasteiger partial charge in [0, 0.05) is 25.0 Å². The zero-order valence-electron chi connectivity index (χ0n) is 11.0. The Hall–Kier alpha value is -0.800. The summed E-state index contributed by atoms with van der Waals surface area (Å²) in [4.78, 5) is 2.59. The molecule has 1 N–H and O–H groups in total. The number of nitrogens with zero attached hydrogens (tertiary/aromatic N) is 2. The van der Waals surface area contributed by atoms with Gasteiger partial charge in [-0.2, -0.15) is 0 Å². The van der Waals surface area contributed by atoms with Crippen molar-refractivity contribution in [2.24, 2.45) is 0 Å². The molecule has 17 heavy (non-hydrogen) atoms. The molecule has 0 aromatic carbocycles. The molecule has 0 spiro atoms. The van der Waals surface area contributed by atoms with Gasteiger partial charge in [-0.25, -0.2) is 0 Å². The smallest absolute Gasteiger partial charge is 0.0359 e. The summed E-state index contributed by atoms with van der Waals surface area (Å²) in [5, 5.41) is 3.39. The number of rotatable bonds is 7. The molecular formula is C14H25N3. The maximum absolute atomic E-state index is 3.39. The Bertz CT molecular complexity index is 313. The lowest BCUT2D eigenvalue weighted by Crippen LogP contribution is -2.22. The molecule has 1 aromatic rings. The van der Waals surface area contributed by atoms with Gasteiger partial charge < -0.3 is 14.8 Å². The van der Waals surface area contributed by atoms with Crippen LogP contribution in [-0.2, 0) is 13.1 Å². The van der Waals surface area contributed by atoms with Crippen LogP contribution in [0.15, 0.2) is 18.3 Å². The van der Waals surface area contributed by atoms with Crippen LogP contribution in [0.25, 0.3) is 0 Å². The highest BCUT2D eigenvalue weighted by molar-refractivity contribution is 5.06. The number of likely N-dealkylation sites (tertiary alicyclic amines) is 1. The summed E-state index contributed by atoms with van der Waals surface area (Å²) < 4.78 is 2.39. The molecular weight excluding hydrogens is 210 g/mol. The molecule has 0 saturated carbocycles. The van der Waals surface area contributed by atoms with Crippen molar-refractivity contribution in [3.63, 3.8) is 0 Å². The molecule has 1 saturated heterocycles. The first-order valence-corrected chi connectivity index (χ1v) is 6.97. The molecule has 0 bridgehead atoms. The second-order valence-electron chi connectivity index (χ2n) is 4.88. The van der Waals surface area contributed by atoms with Gasteiger partial charge in [0.1, 0.15) is 0 Å². The van der Waals surface area contributed by atoms with Crippen molar-refractivity contribution in [1.29, 1.82) is 0 Å². The van der Waals surface area contributed by atoms with Crippen LogP contribution in [0.1, 0.15) is 31.9 Å². The number of aryl methyl sites for hydroxylation is 1. The third kappa shape index (κ3) is 3.86. The fourth-order valence-corrected chi connectivity index (χ4v) is 2.55. The minimum atomic E-state index is 0.993. The summed E-state index contributed by atoms with van der Waals surface area (Å²) in [6.07, 6.45) is 6.27. The van der Waals surface area contributed by atoms with Crippen LogP contribution in [0.5, 0.6) is 0 Å². The zero-order valence-corrected chi connectivity index (χ0v) is 11.0. The minimum absolute atomic E-state index is 0.993. The summed E-state index contributed by atoms with van der Waals surface area (Å²) in [5.41, 5.74) is 1.41. The summed E-state index contributed by atoms with van der Waals surface area (Å²) >= 11 is 0. The maximum Gasteiger partial charge on any atom is 0.0359 e. The molecule has 96 valence electrons. The van der Waals surface area contributed by atoms with Gasteiger partial charge in [-0.1, -0.05) is 6.92 Å². The molecule has 1 aromatic heterocycles. The standard InChI is InChI=1S/C14H25N3/c1-2-15-13-14-7-5-11-17(14)12-6-10-16-8-3-4-9-16/h5,7,11,15H,2-4,6,8-10,12-13H2,1H3. The molecule has 3 nitrogen and oxygen atoms in total. The fourth-order valence-electron chi connectivity index (χ4n) is 2.55. The van der Waals surface area contributed by atoms with Crippen molar-refractivity contribution in [2.45, 2.75) is 39.3 Å². The van der Waals surface area contributed by atoms with Crippen LogP contribution < -0.4 is 5.32 Å². The predicted molar refractivity (Wildman–Crippen MR) is 72.1 cm³/mol. The summed E-state index contributed by atoms with van der Waals surface area (Å²) in [5.74, 6) is 0. The van der Waals surface area contributed by atoms with Crippen LogP contribution in [0.2, 0.25) is 0 Å². The van der Waals surface area contributed by atoms with E-state index in [4.69, 9.17) is 0 Å². The van der Waals surface area contributed by atoms with E-state index in [-0.39, 0.29) is 0 Å². The molecule has 1 aliphatic heterocycles. The van der Waals surface area contributed by atoms with E-state index in [0.29, 0.717) is 0 Å². The first-order valence-electron chi connectivity index (χ1n) is 6.97. The van der Waals surface area contributed by atoms with Gasteiger partial charge in [0.25, 0.3) is 0 Å². The molecule has 2 heterocycles. The van der Waals surface area contributed by atoms with E-state index >= 15 is 0 Å². The minimum Gasteiger partial charge on any atom is -0.350 e. The van der Waals surface area contributed by atoms with Crippen molar-refractivity contribution in [3.8, 4) is 0 Å². The van der Waals surface area contributed by atoms with E-state index < -0.39 is 0 Å². The molecule has 3 heteroatoms. The summed E-state index contributed by atoms with van der Waals surface area (Å²) in [7, 11) is 0. The largest absolute Gasteiger partial charge is 0.350 e. The average molecular weight is 235 g/mol. The predicted octanol–water partition coefficient (Wildman–Crippen LogP) is 2.08. The van der Waals surface area contributed by atoms with Crippen molar-refractivity contribution in [1.82, 2.24) is 14.8 Å². The van der Waals surface area contributed by atoms with E-state index in [1.807, 2.05) is 0 Å². The van der Waals surface area contributed by atoms with Crippen LogP contribution in [-0.4, -0.2) is 35.6 Å². The van der Waals surface area contributed by atoms with Crippen LogP contribution in [0.4, 0.5) is 0 Å². The number of aromatic nitrogens is 1. The molecule has 0 unspecified atom stereocenters. The third-order valence-electron chi connectivity index (χ3n) is 3.55. The Morgan fingerprint density at radius 2 is 2.06 bits per heavy atom. The van der Waals surface area contributed by atoms with Gasteiger partial charge >= 0.3 is 0 Å². The van der Waals surface area contributed by atoms with Gasteiger partial charge in [0.05, 0.1) is 0 Å². The highest BCUT2D eigenvalue weighted by Gasteiger charge is 2.10. The molecule has 0 atom stereocenters. The van der Waals surface area contributed by atoms with E-state index in [0.717, 1.165) is 19.6 Å². The summed E-state index contributed by atoms with van der Waals surface area (Å²) in [6.45, 7) is 9.24. The summed E-state index contributed by atoms with van der Waals surface area (Å²) in [6, 6.07) is 4.38. The third-order valence-corrected chi connectivity index (χ3v) is 3.55. The van der Waals surface area contributed by atoms with Crippen molar-refractivity contribution in [2.75, 3.05) is 26.2 Å². The number of hydrogen-bond acceptors (Lipinski definition) is 2. The zero-order chi connectivity index (χ0) is 11.9. The van der Waals surface area contributed by atoms with Gasteiger partial charge in [-0.3, -0.25) is 0 Å². The first kappa shape index (κ1) is 12.7. The van der Waals surface area contributed by atoms with E-state index in [1.54, 1.807) is 0 Å². The Morgan fingerprint density at radius 1 is 1.24 bits per heavy atom. The van der Waals surface area contributed by atoms with E-state index in [9.17, 15) is 0 Å². The molecule has 1 aliphatic rings. The lowest BCUT2D eigenvalue weighted by atomic mass is 10.3. The second-order valence-corrected chi connectivity index (χ2v) is 4.88. The van der Waals surface area contributed by atoms with Crippen LogP contribution in [0.3, 0.4) is 0 Å². The van der Waals surface area contributed by atoms with Gasteiger partial charge in [0.15, 0.2) is 0 Å². The van der Waals surface area contributed by atoms with Gasteiger partial charge in [0.2, 0.25) is 0 Å². The monoisotopic (exact) mass is 235 g/mol. The Balaban J connectivity index is 1.72. The maximum atomic E-state index is 3.39. The van der Waals surface area contributed by atoms with Crippen molar-refractivity contribution in [3.05, 3.63) is 24.0 Å². The van der Waals surface area contributed by atoms with E-state index in [1.165, 1.54) is 44.6 Å². The van der Waals surface area contributed by atoms with Crippen molar-refractivity contribution >= 4 is 0 Å². The van der Waals surface area contributed by atoms with E-state index in [2.05, 4.69) is 40.0 Å². The van der Waals surface area contributed by atoms with Crippen LogP contribution in [0, 0.1) is 0 Å². The average Bonchev–Trinajstić information content (AvgIpc) is 2.98. The quantitative estimate of drug-likeness (QED) is 0.781. The first-order chi connectivity index (χ1) is 8.40.